The van der Waals surface area contributed by atoms with Gasteiger partial charge in [0.05, 0.1) is 12.1 Å². The third-order valence-electron chi connectivity index (χ3n) is 3.59. The highest BCUT2D eigenvalue weighted by molar-refractivity contribution is 7.90. The summed E-state index contributed by atoms with van der Waals surface area (Å²) in [5.74, 6) is -0.599. The Hall–Kier alpha value is -2.93. The van der Waals surface area contributed by atoms with E-state index in [-0.39, 0.29) is 11.4 Å². The fraction of sp³-hybridized carbons (Fsp3) is 0.111. The van der Waals surface area contributed by atoms with Crippen molar-refractivity contribution in [2.45, 2.75) is 18.4 Å². The van der Waals surface area contributed by atoms with Crippen LogP contribution in [0.3, 0.4) is 0 Å². The van der Waals surface area contributed by atoms with Crippen molar-refractivity contribution in [2.75, 3.05) is 0 Å². The monoisotopic (exact) mass is 355 g/mol. The second-order valence-corrected chi connectivity index (χ2v) is 7.25. The van der Waals surface area contributed by atoms with E-state index in [4.69, 9.17) is 0 Å². The molecule has 0 aliphatic carbocycles. The quantitative estimate of drug-likeness (QED) is 0.761. The molecular formula is C18H17N3O3S. The molecule has 2 aromatic carbocycles. The average Bonchev–Trinajstić information content (AvgIpc) is 3.08. The predicted molar refractivity (Wildman–Crippen MR) is 93.8 cm³/mol. The van der Waals surface area contributed by atoms with Crippen LogP contribution in [0.5, 0.6) is 0 Å². The van der Waals surface area contributed by atoms with Gasteiger partial charge in [0, 0.05) is 6.20 Å². The van der Waals surface area contributed by atoms with Crippen LogP contribution in [-0.2, 0) is 21.2 Å². The maximum absolute atomic E-state index is 12.3. The van der Waals surface area contributed by atoms with Crippen LogP contribution in [0.25, 0.3) is 5.69 Å². The number of nitrogens with zero attached hydrogens (tertiary/aromatic N) is 2. The van der Waals surface area contributed by atoms with E-state index in [2.05, 4.69) is 9.82 Å². The standard InChI is InChI=1S/C18H17N3O3S/c1-14-7-9-15(10-8-14)13-17(22)20-25(23,24)18-11-12-21(19-18)16-5-3-2-4-6-16/h2-12H,13H2,1H3,(H,20,22). The molecule has 0 saturated heterocycles. The zero-order valence-corrected chi connectivity index (χ0v) is 14.4. The molecule has 3 rings (SSSR count). The molecular weight excluding hydrogens is 338 g/mol. The molecule has 0 radical (unpaired) electrons. The van der Waals surface area contributed by atoms with Gasteiger partial charge < -0.3 is 0 Å². The highest BCUT2D eigenvalue weighted by Gasteiger charge is 2.21. The van der Waals surface area contributed by atoms with Crippen LogP contribution in [-0.4, -0.2) is 24.1 Å². The van der Waals surface area contributed by atoms with E-state index in [1.54, 1.807) is 24.3 Å². The highest BCUT2D eigenvalue weighted by atomic mass is 32.2. The normalized spacial score (nSPS) is 11.2. The minimum atomic E-state index is -4.01. The fourth-order valence-electron chi connectivity index (χ4n) is 2.30. The van der Waals surface area contributed by atoms with Crippen molar-refractivity contribution < 1.29 is 13.2 Å². The lowest BCUT2D eigenvalue weighted by atomic mass is 10.1. The molecule has 0 unspecified atom stereocenters. The Labute approximate surface area is 146 Å². The van der Waals surface area contributed by atoms with Crippen LogP contribution in [0.4, 0.5) is 0 Å². The number of carbonyl (C=O) groups is 1. The second-order valence-electron chi connectivity index (χ2n) is 5.63. The Morgan fingerprint density at radius 1 is 1.04 bits per heavy atom. The van der Waals surface area contributed by atoms with E-state index in [9.17, 15) is 13.2 Å². The lowest BCUT2D eigenvalue weighted by molar-refractivity contribution is -0.118. The third-order valence-corrected chi connectivity index (χ3v) is 4.86. The molecule has 0 atom stereocenters. The van der Waals surface area contributed by atoms with Gasteiger partial charge in [-0.25, -0.2) is 9.40 Å². The number of hydrogen-bond acceptors (Lipinski definition) is 4. The molecule has 0 spiro atoms. The fourth-order valence-corrected chi connectivity index (χ4v) is 3.22. The first-order valence-electron chi connectivity index (χ1n) is 7.66. The summed E-state index contributed by atoms with van der Waals surface area (Å²) < 4.78 is 28.1. The van der Waals surface area contributed by atoms with Gasteiger partial charge in [0.25, 0.3) is 10.0 Å². The van der Waals surface area contributed by atoms with Gasteiger partial charge in [-0.15, -0.1) is 0 Å². The number of rotatable bonds is 5. The van der Waals surface area contributed by atoms with Crippen LogP contribution in [0.2, 0.25) is 0 Å². The molecule has 0 aliphatic rings. The molecule has 0 fully saturated rings. The smallest absolute Gasteiger partial charge is 0.274 e. The summed E-state index contributed by atoms with van der Waals surface area (Å²) in [6, 6.07) is 17.8. The van der Waals surface area contributed by atoms with Crippen LogP contribution < -0.4 is 4.72 Å². The van der Waals surface area contributed by atoms with Crippen molar-refractivity contribution >= 4 is 15.9 Å². The van der Waals surface area contributed by atoms with Crippen molar-refractivity contribution in [2.24, 2.45) is 0 Å². The molecule has 1 amide bonds. The van der Waals surface area contributed by atoms with Crippen LogP contribution >= 0.6 is 0 Å². The summed E-state index contributed by atoms with van der Waals surface area (Å²) in [4.78, 5) is 12.0. The largest absolute Gasteiger partial charge is 0.283 e. The first-order chi connectivity index (χ1) is 11.9. The Morgan fingerprint density at radius 2 is 1.72 bits per heavy atom. The van der Waals surface area contributed by atoms with E-state index in [1.807, 2.05) is 37.3 Å². The van der Waals surface area contributed by atoms with Gasteiger partial charge in [-0.3, -0.25) is 4.79 Å². The van der Waals surface area contributed by atoms with Gasteiger partial charge in [0.2, 0.25) is 5.91 Å². The van der Waals surface area contributed by atoms with E-state index in [1.165, 1.54) is 16.9 Å². The van der Waals surface area contributed by atoms with Crippen molar-refractivity contribution in [1.29, 1.82) is 0 Å². The molecule has 0 aliphatic heterocycles. The Morgan fingerprint density at radius 3 is 2.40 bits per heavy atom. The van der Waals surface area contributed by atoms with Gasteiger partial charge in [-0.1, -0.05) is 48.0 Å². The number of benzene rings is 2. The molecule has 25 heavy (non-hydrogen) atoms. The number of aryl methyl sites for hydroxylation is 1. The number of nitrogens with one attached hydrogen (secondary N) is 1. The molecule has 0 bridgehead atoms. The summed E-state index contributed by atoms with van der Waals surface area (Å²) in [7, 11) is -4.01. The summed E-state index contributed by atoms with van der Waals surface area (Å²) in [5, 5.41) is 3.84. The summed E-state index contributed by atoms with van der Waals surface area (Å²) in [6.07, 6.45) is 1.52. The number of amides is 1. The summed E-state index contributed by atoms with van der Waals surface area (Å²) in [6.45, 7) is 1.94. The number of sulfonamides is 1. The van der Waals surface area contributed by atoms with Gasteiger partial charge >= 0.3 is 0 Å². The topological polar surface area (TPSA) is 81.1 Å². The molecule has 7 heteroatoms. The number of carbonyl (C=O) groups excluding carboxylic acids is 1. The molecule has 1 N–H and O–H groups in total. The molecule has 0 saturated carbocycles. The Bertz CT molecular complexity index is 978. The zero-order chi connectivity index (χ0) is 17.9. The maximum Gasteiger partial charge on any atom is 0.283 e. The summed E-state index contributed by atoms with van der Waals surface area (Å²) >= 11 is 0. The van der Waals surface area contributed by atoms with E-state index in [0.717, 1.165) is 16.8 Å². The number of para-hydroxylation sites is 1. The molecule has 1 heterocycles. The average molecular weight is 355 g/mol. The van der Waals surface area contributed by atoms with Gasteiger partial charge in [-0.05, 0) is 30.7 Å². The highest BCUT2D eigenvalue weighted by Crippen LogP contribution is 2.11. The second kappa shape index (κ2) is 6.90. The lowest BCUT2D eigenvalue weighted by Crippen LogP contribution is -2.32. The van der Waals surface area contributed by atoms with Crippen LogP contribution in [0.1, 0.15) is 11.1 Å². The van der Waals surface area contributed by atoms with Crippen molar-refractivity contribution in [3.8, 4) is 5.69 Å². The minimum Gasteiger partial charge on any atom is -0.274 e. The molecule has 3 aromatic rings. The van der Waals surface area contributed by atoms with E-state index in [0.29, 0.717) is 0 Å². The van der Waals surface area contributed by atoms with E-state index < -0.39 is 15.9 Å². The van der Waals surface area contributed by atoms with Gasteiger partial charge in [0.15, 0.2) is 5.03 Å². The SMILES string of the molecule is Cc1ccc(CC(=O)NS(=O)(=O)c2ccn(-c3ccccc3)n2)cc1. The zero-order valence-electron chi connectivity index (χ0n) is 13.6. The molecule has 1 aromatic heterocycles. The number of aromatic nitrogens is 2. The predicted octanol–water partition coefficient (Wildman–Crippen LogP) is 2.23. The molecule has 6 nitrogen and oxygen atoms in total. The number of hydrogen-bond donors (Lipinski definition) is 1. The first kappa shape index (κ1) is 16.9. The summed E-state index contributed by atoms with van der Waals surface area (Å²) in [5.41, 5.74) is 2.55. The first-order valence-corrected chi connectivity index (χ1v) is 9.15. The Kier molecular flexibility index (Phi) is 4.67. The van der Waals surface area contributed by atoms with Crippen LogP contribution in [0.15, 0.2) is 71.9 Å². The van der Waals surface area contributed by atoms with E-state index >= 15 is 0 Å². The third kappa shape index (κ3) is 4.13. The lowest BCUT2D eigenvalue weighted by Gasteiger charge is -2.05. The van der Waals surface area contributed by atoms with Crippen molar-refractivity contribution in [1.82, 2.24) is 14.5 Å². The van der Waals surface area contributed by atoms with Crippen molar-refractivity contribution in [3.63, 3.8) is 0 Å². The Balaban J connectivity index is 1.72. The molecule has 128 valence electrons. The van der Waals surface area contributed by atoms with Gasteiger partial charge in [0.1, 0.15) is 0 Å². The minimum absolute atomic E-state index is 0.0150. The van der Waals surface area contributed by atoms with Gasteiger partial charge in [-0.2, -0.15) is 13.5 Å². The van der Waals surface area contributed by atoms with Crippen molar-refractivity contribution in [3.05, 3.63) is 78.0 Å². The maximum atomic E-state index is 12.3. The van der Waals surface area contributed by atoms with Crippen LogP contribution in [0, 0.1) is 6.92 Å².